The van der Waals surface area contributed by atoms with Gasteiger partial charge in [-0.2, -0.15) is 0 Å². The van der Waals surface area contributed by atoms with Gasteiger partial charge in [-0.15, -0.1) is 11.8 Å². The van der Waals surface area contributed by atoms with Crippen LogP contribution in [0.2, 0.25) is 0 Å². The van der Waals surface area contributed by atoms with E-state index in [1.165, 1.54) is 4.90 Å². The summed E-state index contributed by atoms with van der Waals surface area (Å²) in [5.41, 5.74) is 0.814. The van der Waals surface area contributed by atoms with E-state index in [0.29, 0.717) is 12.6 Å². The molecular weight excluding hydrogens is 242 g/mol. The Morgan fingerprint density at radius 1 is 1.28 bits per heavy atom. The lowest BCUT2D eigenvalue weighted by molar-refractivity contribution is 0.0906. The number of carbonyl (C=O) groups excluding carboxylic acids is 1. The van der Waals surface area contributed by atoms with Crippen LogP contribution in [0.15, 0.2) is 29.2 Å². The molecule has 0 fully saturated rings. The number of ketones is 1. The molecule has 0 saturated heterocycles. The Morgan fingerprint density at radius 2 is 1.89 bits per heavy atom. The molecule has 1 aromatic rings. The molecule has 0 heterocycles. The lowest BCUT2D eigenvalue weighted by Crippen LogP contribution is -2.36. The maximum atomic E-state index is 12.2. The summed E-state index contributed by atoms with van der Waals surface area (Å²) in [6.45, 7) is 7.92. The van der Waals surface area contributed by atoms with Crippen LogP contribution in [-0.2, 0) is 0 Å². The summed E-state index contributed by atoms with van der Waals surface area (Å²) >= 11 is 1.69. The van der Waals surface area contributed by atoms with Crippen LogP contribution in [0.5, 0.6) is 0 Å². The molecule has 0 N–H and O–H groups in total. The summed E-state index contributed by atoms with van der Waals surface area (Å²) in [6, 6.07) is 8.30. The van der Waals surface area contributed by atoms with E-state index in [0.717, 1.165) is 18.5 Å². The van der Waals surface area contributed by atoms with Gasteiger partial charge in [-0.25, -0.2) is 0 Å². The van der Waals surface area contributed by atoms with Crippen molar-refractivity contribution in [3.8, 4) is 0 Å². The Hall–Kier alpha value is -0.800. The van der Waals surface area contributed by atoms with Gasteiger partial charge in [0.1, 0.15) is 0 Å². The molecular formula is C15H23NOS. The molecule has 1 rings (SSSR count). The first-order valence-electron chi connectivity index (χ1n) is 6.49. The molecule has 0 aliphatic heterocycles. The van der Waals surface area contributed by atoms with Gasteiger partial charge < -0.3 is 0 Å². The van der Waals surface area contributed by atoms with Crippen molar-refractivity contribution in [2.24, 2.45) is 0 Å². The Kier molecular flexibility index (Phi) is 6.44. The number of hydrogen-bond acceptors (Lipinski definition) is 3. The van der Waals surface area contributed by atoms with Crippen LogP contribution in [0.25, 0.3) is 0 Å². The van der Waals surface area contributed by atoms with Gasteiger partial charge in [-0.3, -0.25) is 9.69 Å². The molecule has 0 bridgehead atoms. The smallest absolute Gasteiger partial charge is 0.176 e. The van der Waals surface area contributed by atoms with E-state index >= 15 is 0 Å². The molecule has 2 nitrogen and oxygen atoms in total. The standard InChI is InChI=1S/C15H23NOS/c1-5-10-16(12(2)3)11-15(17)13-6-8-14(18-4)9-7-13/h6-9,12H,5,10-11H2,1-4H3. The number of rotatable bonds is 7. The van der Waals surface area contributed by atoms with Gasteiger partial charge in [-0.1, -0.05) is 19.1 Å². The average Bonchev–Trinajstić information content (AvgIpc) is 2.38. The molecule has 0 unspecified atom stereocenters. The van der Waals surface area contributed by atoms with Crippen molar-refractivity contribution < 1.29 is 4.79 Å². The summed E-state index contributed by atoms with van der Waals surface area (Å²) in [6.07, 6.45) is 3.12. The molecule has 0 atom stereocenters. The van der Waals surface area contributed by atoms with E-state index in [1.54, 1.807) is 11.8 Å². The number of Topliss-reactive ketones (excluding diaryl/α,β-unsaturated/α-hetero) is 1. The lowest BCUT2D eigenvalue weighted by atomic mass is 10.1. The van der Waals surface area contributed by atoms with Crippen LogP contribution in [0.4, 0.5) is 0 Å². The normalized spacial score (nSPS) is 11.2. The van der Waals surface area contributed by atoms with Gasteiger partial charge in [-0.05, 0) is 45.2 Å². The summed E-state index contributed by atoms with van der Waals surface area (Å²) < 4.78 is 0. The summed E-state index contributed by atoms with van der Waals surface area (Å²) in [4.78, 5) is 15.6. The third kappa shape index (κ3) is 4.46. The molecule has 0 aromatic heterocycles. The zero-order valence-electron chi connectivity index (χ0n) is 11.8. The largest absolute Gasteiger partial charge is 0.293 e. The topological polar surface area (TPSA) is 20.3 Å². The van der Waals surface area contributed by atoms with Crippen molar-refractivity contribution in [2.45, 2.75) is 38.1 Å². The highest BCUT2D eigenvalue weighted by Crippen LogP contribution is 2.15. The predicted octanol–water partition coefficient (Wildman–Crippen LogP) is 3.71. The van der Waals surface area contributed by atoms with Gasteiger partial charge in [0.05, 0.1) is 6.54 Å². The molecule has 0 spiro atoms. The molecule has 0 radical (unpaired) electrons. The Bertz CT molecular complexity index is 373. The Balaban J connectivity index is 2.67. The second-order valence-electron chi connectivity index (χ2n) is 4.72. The predicted molar refractivity (Wildman–Crippen MR) is 79.6 cm³/mol. The zero-order chi connectivity index (χ0) is 13.5. The fourth-order valence-electron chi connectivity index (χ4n) is 1.86. The van der Waals surface area contributed by atoms with Crippen molar-refractivity contribution in [1.82, 2.24) is 4.90 Å². The number of hydrogen-bond donors (Lipinski definition) is 0. The molecule has 0 amide bonds. The maximum Gasteiger partial charge on any atom is 0.176 e. The van der Waals surface area contributed by atoms with Gasteiger partial charge in [0, 0.05) is 16.5 Å². The van der Waals surface area contributed by atoms with Crippen molar-refractivity contribution in [3.05, 3.63) is 29.8 Å². The second kappa shape index (κ2) is 7.59. The first-order valence-corrected chi connectivity index (χ1v) is 7.72. The van der Waals surface area contributed by atoms with Crippen LogP contribution in [0.3, 0.4) is 0 Å². The number of thioether (sulfide) groups is 1. The quantitative estimate of drug-likeness (QED) is 0.553. The highest BCUT2D eigenvalue weighted by molar-refractivity contribution is 7.98. The third-order valence-electron chi connectivity index (χ3n) is 3.00. The molecule has 100 valence electrons. The van der Waals surface area contributed by atoms with Gasteiger partial charge >= 0.3 is 0 Å². The minimum atomic E-state index is 0.213. The van der Waals surface area contributed by atoms with Crippen LogP contribution in [0.1, 0.15) is 37.6 Å². The number of carbonyl (C=O) groups is 1. The highest BCUT2D eigenvalue weighted by Gasteiger charge is 2.14. The van der Waals surface area contributed by atoms with E-state index in [-0.39, 0.29) is 5.78 Å². The Morgan fingerprint density at radius 3 is 2.33 bits per heavy atom. The molecule has 0 aliphatic rings. The van der Waals surface area contributed by atoms with Gasteiger partial charge in [0.25, 0.3) is 0 Å². The maximum absolute atomic E-state index is 12.2. The summed E-state index contributed by atoms with van der Waals surface area (Å²) in [5, 5.41) is 0. The average molecular weight is 265 g/mol. The van der Waals surface area contributed by atoms with Crippen LogP contribution in [0, 0.1) is 0 Å². The highest BCUT2D eigenvalue weighted by atomic mass is 32.2. The SMILES string of the molecule is CCCN(CC(=O)c1ccc(SC)cc1)C(C)C. The first-order chi connectivity index (χ1) is 8.58. The van der Waals surface area contributed by atoms with Crippen LogP contribution < -0.4 is 0 Å². The van der Waals surface area contributed by atoms with Crippen molar-refractivity contribution in [3.63, 3.8) is 0 Å². The Labute approximate surface area is 115 Å². The number of nitrogens with zero attached hydrogens (tertiary/aromatic N) is 1. The second-order valence-corrected chi connectivity index (χ2v) is 5.60. The van der Waals surface area contributed by atoms with Crippen LogP contribution in [-0.4, -0.2) is 36.1 Å². The van der Waals surface area contributed by atoms with E-state index in [4.69, 9.17) is 0 Å². The minimum Gasteiger partial charge on any atom is -0.293 e. The summed E-state index contributed by atoms with van der Waals surface area (Å²) in [5.74, 6) is 0.213. The zero-order valence-corrected chi connectivity index (χ0v) is 12.6. The van der Waals surface area contributed by atoms with Crippen molar-refractivity contribution in [2.75, 3.05) is 19.3 Å². The van der Waals surface area contributed by atoms with E-state index in [9.17, 15) is 4.79 Å². The number of benzene rings is 1. The van der Waals surface area contributed by atoms with E-state index in [1.807, 2.05) is 30.5 Å². The fraction of sp³-hybridized carbons (Fsp3) is 0.533. The monoisotopic (exact) mass is 265 g/mol. The fourth-order valence-corrected chi connectivity index (χ4v) is 2.27. The molecule has 1 aromatic carbocycles. The van der Waals surface area contributed by atoms with Crippen molar-refractivity contribution >= 4 is 17.5 Å². The molecule has 3 heteroatoms. The van der Waals surface area contributed by atoms with Crippen molar-refractivity contribution in [1.29, 1.82) is 0 Å². The lowest BCUT2D eigenvalue weighted by Gasteiger charge is -2.25. The van der Waals surface area contributed by atoms with E-state index in [2.05, 4.69) is 25.7 Å². The summed E-state index contributed by atoms with van der Waals surface area (Å²) in [7, 11) is 0. The van der Waals surface area contributed by atoms with Gasteiger partial charge in [0.15, 0.2) is 5.78 Å². The van der Waals surface area contributed by atoms with Crippen LogP contribution >= 0.6 is 11.8 Å². The van der Waals surface area contributed by atoms with Gasteiger partial charge in [0.2, 0.25) is 0 Å². The minimum absolute atomic E-state index is 0.213. The molecule has 0 aliphatic carbocycles. The first kappa shape index (κ1) is 15.3. The molecule has 0 saturated carbocycles. The van der Waals surface area contributed by atoms with E-state index < -0.39 is 0 Å². The third-order valence-corrected chi connectivity index (χ3v) is 3.74. The molecule has 18 heavy (non-hydrogen) atoms.